The third kappa shape index (κ3) is 4.83. The zero-order valence-electron chi connectivity index (χ0n) is 15.0. The van der Waals surface area contributed by atoms with Crippen LogP contribution in [0.25, 0.3) is 0 Å². The van der Waals surface area contributed by atoms with Gasteiger partial charge >= 0.3 is 6.09 Å². The van der Waals surface area contributed by atoms with E-state index in [1.165, 1.54) is 0 Å². The number of amides is 1. The van der Waals surface area contributed by atoms with Gasteiger partial charge in [-0.15, -0.1) is 0 Å². The van der Waals surface area contributed by atoms with Gasteiger partial charge in [-0.05, 0) is 28.8 Å². The summed E-state index contributed by atoms with van der Waals surface area (Å²) in [5.74, 6) is -1.54. The van der Waals surface area contributed by atoms with Gasteiger partial charge in [-0.1, -0.05) is 24.3 Å². The Bertz CT molecular complexity index is 828. The van der Waals surface area contributed by atoms with Crippen molar-refractivity contribution in [3.8, 4) is 0 Å². The number of aliphatic hydroxyl groups excluding tert-OH is 2. The van der Waals surface area contributed by atoms with Gasteiger partial charge in [0.15, 0.2) is 0 Å². The molecule has 3 rings (SSSR count). The van der Waals surface area contributed by atoms with Crippen LogP contribution in [0.2, 0.25) is 0 Å². The summed E-state index contributed by atoms with van der Waals surface area (Å²) in [5.41, 5.74) is 7.23. The van der Waals surface area contributed by atoms with Crippen LogP contribution in [0.15, 0.2) is 42.5 Å². The maximum absolute atomic E-state index is 13.4. The van der Waals surface area contributed by atoms with Crippen molar-refractivity contribution in [2.24, 2.45) is 5.73 Å². The fourth-order valence-electron chi connectivity index (χ4n) is 3.57. The number of halogens is 2. The number of carbonyl (C=O) groups excluding carboxylic acids is 1. The van der Waals surface area contributed by atoms with E-state index in [-0.39, 0.29) is 24.6 Å². The van der Waals surface area contributed by atoms with Gasteiger partial charge in [-0.2, -0.15) is 0 Å². The molecule has 0 aliphatic heterocycles. The molecular weight excluding hydrogens is 370 g/mol. The number of nitrogens with two attached hydrogens (primary N) is 1. The first-order chi connectivity index (χ1) is 13.3. The van der Waals surface area contributed by atoms with E-state index in [1.807, 2.05) is 24.3 Å². The van der Waals surface area contributed by atoms with Crippen molar-refractivity contribution < 1.29 is 28.5 Å². The van der Waals surface area contributed by atoms with E-state index in [4.69, 9.17) is 10.5 Å². The topological polar surface area (TPSA) is 105 Å². The highest BCUT2D eigenvalue weighted by Crippen LogP contribution is 2.31. The average molecular weight is 392 g/mol. The molecule has 0 unspecified atom stereocenters. The maximum atomic E-state index is 13.4. The van der Waals surface area contributed by atoms with Crippen molar-refractivity contribution in [1.29, 1.82) is 0 Å². The molecule has 0 saturated carbocycles. The monoisotopic (exact) mass is 392 g/mol. The van der Waals surface area contributed by atoms with Gasteiger partial charge in [0.25, 0.3) is 0 Å². The largest absolute Gasteiger partial charge is 0.443 e. The quantitative estimate of drug-likeness (QED) is 0.573. The molecule has 6 nitrogen and oxygen atoms in total. The minimum atomic E-state index is -1.21. The number of aliphatic hydroxyl groups is 2. The molecule has 0 saturated heterocycles. The lowest BCUT2D eigenvalue weighted by atomic mass is 10.0. The Morgan fingerprint density at radius 3 is 2.61 bits per heavy atom. The minimum absolute atomic E-state index is 0.0220. The normalized spacial score (nSPS) is 20.4. The molecule has 2 aromatic carbocycles. The Morgan fingerprint density at radius 2 is 1.93 bits per heavy atom. The maximum Gasteiger partial charge on any atom is 0.404 e. The molecule has 0 heterocycles. The highest BCUT2D eigenvalue weighted by atomic mass is 19.1. The average Bonchev–Trinajstić information content (AvgIpc) is 2.93. The second-order valence-corrected chi connectivity index (χ2v) is 6.88. The summed E-state index contributed by atoms with van der Waals surface area (Å²) in [6.07, 6.45) is -3.71. The second-order valence-electron chi connectivity index (χ2n) is 6.88. The van der Waals surface area contributed by atoms with Gasteiger partial charge in [-0.3, -0.25) is 0 Å². The summed E-state index contributed by atoms with van der Waals surface area (Å²) in [6.45, 7) is -0.0220. The summed E-state index contributed by atoms with van der Waals surface area (Å²) in [7, 11) is 0. The van der Waals surface area contributed by atoms with Gasteiger partial charge < -0.3 is 26.0 Å². The van der Waals surface area contributed by atoms with Crippen LogP contribution >= 0.6 is 0 Å². The Balaban J connectivity index is 1.68. The molecule has 4 atom stereocenters. The smallest absolute Gasteiger partial charge is 0.404 e. The van der Waals surface area contributed by atoms with Crippen LogP contribution in [0.4, 0.5) is 13.6 Å². The highest BCUT2D eigenvalue weighted by molar-refractivity contribution is 5.64. The third-order valence-electron chi connectivity index (χ3n) is 4.81. The van der Waals surface area contributed by atoms with E-state index < -0.39 is 36.0 Å². The van der Waals surface area contributed by atoms with Crippen LogP contribution in [0.5, 0.6) is 0 Å². The van der Waals surface area contributed by atoms with Crippen LogP contribution in [-0.4, -0.2) is 41.2 Å². The van der Waals surface area contributed by atoms with Crippen molar-refractivity contribution in [2.75, 3.05) is 6.54 Å². The van der Waals surface area contributed by atoms with Crippen LogP contribution in [0.1, 0.15) is 22.7 Å². The zero-order valence-corrected chi connectivity index (χ0v) is 15.0. The van der Waals surface area contributed by atoms with E-state index in [1.54, 1.807) is 0 Å². The molecule has 0 fully saturated rings. The minimum Gasteiger partial charge on any atom is -0.443 e. The van der Waals surface area contributed by atoms with Crippen molar-refractivity contribution in [2.45, 2.75) is 37.2 Å². The summed E-state index contributed by atoms with van der Waals surface area (Å²) in [6, 6.07) is 10.1. The van der Waals surface area contributed by atoms with Crippen molar-refractivity contribution in [3.63, 3.8) is 0 Å². The summed E-state index contributed by atoms with van der Waals surface area (Å²) in [5, 5.41) is 23.8. The molecule has 2 aromatic rings. The van der Waals surface area contributed by atoms with Gasteiger partial charge in [-0.25, -0.2) is 13.6 Å². The summed E-state index contributed by atoms with van der Waals surface area (Å²) < 4.78 is 31.8. The van der Waals surface area contributed by atoms with E-state index in [2.05, 4.69) is 5.32 Å². The van der Waals surface area contributed by atoms with Crippen LogP contribution in [0, 0.1) is 11.6 Å². The lowest BCUT2D eigenvalue weighted by Crippen LogP contribution is -2.43. The predicted molar refractivity (Wildman–Crippen MR) is 97.4 cm³/mol. The van der Waals surface area contributed by atoms with Crippen molar-refractivity contribution in [3.05, 3.63) is 70.8 Å². The van der Waals surface area contributed by atoms with E-state index in [0.29, 0.717) is 6.42 Å². The molecular formula is C20H22F2N2O4. The van der Waals surface area contributed by atoms with Crippen LogP contribution in [0.3, 0.4) is 0 Å². The number of nitrogens with one attached hydrogen (secondary N) is 1. The lowest BCUT2D eigenvalue weighted by Gasteiger charge is -2.25. The summed E-state index contributed by atoms with van der Waals surface area (Å²) >= 11 is 0. The van der Waals surface area contributed by atoms with E-state index in [9.17, 15) is 23.8 Å². The number of carbonyl (C=O) groups is 1. The Labute approximate surface area is 160 Å². The standard InChI is InChI=1S/C20H22F2N2O4/c21-13-5-11(6-14(22)9-13)7-18(28-20(23)27)17(26)10-24-19-15-4-2-1-3-12(15)8-16(19)25/h1-6,9,16-19,24-26H,7-8,10H2,(H2,23,27)/t16-,17-,18+,19+/m1/s1. The van der Waals surface area contributed by atoms with Gasteiger partial charge in [0, 0.05) is 25.5 Å². The third-order valence-corrected chi connectivity index (χ3v) is 4.81. The number of hydrogen-bond donors (Lipinski definition) is 4. The molecule has 1 aliphatic carbocycles. The number of fused-ring (bicyclic) bond motifs is 1. The Hall–Kier alpha value is -2.55. The molecule has 0 aromatic heterocycles. The predicted octanol–water partition coefficient (Wildman–Crippen LogP) is 1.58. The van der Waals surface area contributed by atoms with Gasteiger partial charge in [0.2, 0.25) is 0 Å². The van der Waals surface area contributed by atoms with E-state index in [0.717, 1.165) is 29.3 Å². The Kier molecular flexibility index (Phi) is 6.23. The molecule has 0 spiro atoms. The fourth-order valence-corrected chi connectivity index (χ4v) is 3.57. The number of hydrogen-bond acceptors (Lipinski definition) is 5. The second kappa shape index (κ2) is 8.64. The number of rotatable bonds is 7. The molecule has 0 radical (unpaired) electrons. The van der Waals surface area contributed by atoms with Crippen LogP contribution < -0.4 is 11.1 Å². The molecule has 5 N–H and O–H groups in total. The molecule has 150 valence electrons. The molecule has 1 amide bonds. The first-order valence-electron chi connectivity index (χ1n) is 8.92. The Morgan fingerprint density at radius 1 is 1.25 bits per heavy atom. The van der Waals surface area contributed by atoms with Gasteiger partial charge in [0.1, 0.15) is 23.8 Å². The number of benzene rings is 2. The lowest BCUT2D eigenvalue weighted by molar-refractivity contribution is 0.00352. The molecule has 28 heavy (non-hydrogen) atoms. The first kappa shape index (κ1) is 20.2. The van der Waals surface area contributed by atoms with E-state index >= 15 is 0 Å². The fraction of sp³-hybridized carbons (Fsp3) is 0.350. The van der Waals surface area contributed by atoms with Gasteiger partial charge in [0.05, 0.1) is 12.1 Å². The molecule has 1 aliphatic rings. The highest BCUT2D eigenvalue weighted by Gasteiger charge is 2.32. The van der Waals surface area contributed by atoms with Crippen molar-refractivity contribution in [1.82, 2.24) is 5.32 Å². The van der Waals surface area contributed by atoms with Crippen LogP contribution in [-0.2, 0) is 17.6 Å². The number of primary amides is 1. The first-order valence-corrected chi connectivity index (χ1v) is 8.92. The molecule has 8 heteroatoms. The zero-order chi connectivity index (χ0) is 20.3. The van der Waals surface area contributed by atoms with Crippen molar-refractivity contribution >= 4 is 6.09 Å². The number of ether oxygens (including phenoxy) is 1. The molecule has 0 bridgehead atoms. The summed E-state index contributed by atoms with van der Waals surface area (Å²) in [4.78, 5) is 11.2. The SMILES string of the molecule is NC(=O)O[C@@H](Cc1cc(F)cc(F)c1)[C@H](O)CN[C@H]1c2ccccc2C[C@H]1O.